The van der Waals surface area contributed by atoms with Gasteiger partial charge in [0.15, 0.2) is 0 Å². The third-order valence-corrected chi connectivity index (χ3v) is 4.01. The molecule has 19 heavy (non-hydrogen) atoms. The van der Waals surface area contributed by atoms with E-state index in [4.69, 9.17) is 5.11 Å². The molecule has 4 nitrogen and oxygen atoms in total. The summed E-state index contributed by atoms with van der Waals surface area (Å²) in [5.74, 6) is 0.547. The topological polar surface area (TPSA) is 50.1 Å². The van der Waals surface area contributed by atoms with Crippen molar-refractivity contribution in [2.45, 2.75) is 33.0 Å². The van der Waals surface area contributed by atoms with Crippen LogP contribution in [0.3, 0.4) is 0 Å². The van der Waals surface area contributed by atoms with Crippen molar-refractivity contribution in [1.29, 1.82) is 0 Å². The van der Waals surface area contributed by atoms with E-state index in [1.165, 1.54) is 4.88 Å². The molecule has 2 heterocycles. The highest BCUT2D eigenvalue weighted by Crippen LogP contribution is 2.26. The summed E-state index contributed by atoms with van der Waals surface area (Å²) in [7, 11) is 0. The van der Waals surface area contributed by atoms with Crippen molar-refractivity contribution in [3.05, 3.63) is 40.3 Å². The van der Waals surface area contributed by atoms with Gasteiger partial charge in [-0.1, -0.05) is 19.9 Å². The Kier molecular flexibility index (Phi) is 5.13. The first-order valence-corrected chi connectivity index (χ1v) is 7.47. The fourth-order valence-electron chi connectivity index (χ4n) is 2.08. The number of thiophene rings is 1. The minimum absolute atomic E-state index is 0.123. The average molecular weight is 279 g/mol. The molecule has 0 aromatic carbocycles. The van der Waals surface area contributed by atoms with Gasteiger partial charge < -0.3 is 10.4 Å². The van der Waals surface area contributed by atoms with E-state index in [0.717, 1.165) is 12.1 Å². The highest BCUT2D eigenvalue weighted by Gasteiger charge is 2.16. The molecule has 104 valence electrons. The van der Waals surface area contributed by atoms with E-state index in [1.807, 2.05) is 12.4 Å². The Morgan fingerprint density at radius 1 is 1.47 bits per heavy atom. The monoisotopic (exact) mass is 279 g/mol. The number of rotatable bonds is 7. The first kappa shape index (κ1) is 14.2. The van der Waals surface area contributed by atoms with Crippen LogP contribution in [0, 0.1) is 5.92 Å². The SMILES string of the molecule is CC(C)C(NCc1cnn(CCO)c1)c1cccs1. The van der Waals surface area contributed by atoms with Crippen LogP contribution in [0.25, 0.3) is 0 Å². The van der Waals surface area contributed by atoms with Crippen molar-refractivity contribution in [3.63, 3.8) is 0 Å². The van der Waals surface area contributed by atoms with E-state index in [2.05, 4.69) is 41.8 Å². The predicted octanol–water partition coefficient (Wildman–Crippen LogP) is 2.42. The van der Waals surface area contributed by atoms with Gasteiger partial charge in [-0.15, -0.1) is 11.3 Å². The maximum absolute atomic E-state index is 8.87. The van der Waals surface area contributed by atoms with E-state index in [1.54, 1.807) is 16.0 Å². The molecule has 1 unspecified atom stereocenters. The minimum atomic E-state index is 0.123. The standard InChI is InChI=1S/C14H21N3OS/c1-11(2)14(13-4-3-7-19-13)15-8-12-9-16-17(10-12)5-6-18/h3-4,7,9-11,14-15,18H,5-6,8H2,1-2H3. The molecular weight excluding hydrogens is 258 g/mol. The van der Waals surface area contributed by atoms with E-state index in [0.29, 0.717) is 18.5 Å². The summed E-state index contributed by atoms with van der Waals surface area (Å²) in [6.07, 6.45) is 3.84. The highest BCUT2D eigenvalue weighted by atomic mass is 32.1. The zero-order valence-corrected chi connectivity index (χ0v) is 12.2. The van der Waals surface area contributed by atoms with Crippen LogP contribution in [0.5, 0.6) is 0 Å². The van der Waals surface area contributed by atoms with Crippen molar-refractivity contribution in [1.82, 2.24) is 15.1 Å². The number of aromatic nitrogens is 2. The summed E-state index contributed by atoms with van der Waals surface area (Å²) < 4.78 is 1.77. The fourth-order valence-corrected chi connectivity index (χ4v) is 3.06. The molecule has 1 atom stereocenters. The van der Waals surface area contributed by atoms with E-state index >= 15 is 0 Å². The molecular formula is C14H21N3OS. The molecule has 2 rings (SSSR count). The Labute approximate surface area is 118 Å². The van der Waals surface area contributed by atoms with Crippen LogP contribution in [0.1, 0.15) is 30.3 Å². The Morgan fingerprint density at radius 2 is 2.32 bits per heavy atom. The molecule has 0 aliphatic rings. The van der Waals surface area contributed by atoms with Crippen LogP contribution in [-0.2, 0) is 13.1 Å². The second-order valence-corrected chi connectivity index (χ2v) is 5.93. The third kappa shape index (κ3) is 3.89. The van der Waals surface area contributed by atoms with Crippen molar-refractivity contribution >= 4 is 11.3 Å². The van der Waals surface area contributed by atoms with Gasteiger partial charge in [0, 0.05) is 29.2 Å². The van der Waals surface area contributed by atoms with Crippen LogP contribution in [0.4, 0.5) is 0 Å². The second-order valence-electron chi connectivity index (χ2n) is 4.95. The molecule has 0 fully saturated rings. The average Bonchev–Trinajstić information content (AvgIpc) is 3.01. The van der Waals surface area contributed by atoms with Gasteiger partial charge >= 0.3 is 0 Å². The van der Waals surface area contributed by atoms with Gasteiger partial charge in [0.05, 0.1) is 19.3 Å². The molecule has 0 aliphatic heterocycles. The van der Waals surface area contributed by atoms with Crippen LogP contribution in [-0.4, -0.2) is 21.5 Å². The lowest BCUT2D eigenvalue weighted by Gasteiger charge is -2.20. The van der Waals surface area contributed by atoms with Crippen molar-refractivity contribution < 1.29 is 5.11 Å². The van der Waals surface area contributed by atoms with Crippen LogP contribution >= 0.6 is 11.3 Å². The molecule has 0 saturated heterocycles. The molecule has 0 aliphatic carbocycles. The Hall–Kier alpha value is -1.17. The zero-order valence-electron chi connectivity index (χ0n) is 11.4. The van der Waals surface area contributed by atoms with E-state index < -0.39 is 0 Å². The smallest absolute Gasteiger partial charge is 0.0640 e. The summed E-state index contributed by atoms with van der Waals surface area (Å²) in [6.45, 7) is 5.93. The number of nitrogens with zero attached hydrogens (tertiary/aromatic N) is 2. The minimum Gasteiger partial charge on any atom is -0.394 e. The number of hydrogen-bond donors (Lipinski definition) is 2. The first-order chi connectivity index (χ1) is 9.20. The second kappa shape index (κ2) is 6.84. The molecule has 2 aromatic heterocycles. The van der Waals surface area contributed by atoms with Crippen LogP contribution in [0.2, 0.25) is 0 Å². The molecule has 2 N–H and O–H groups in total. The summed E-state index contributed by atoms with van der Waals surface area (Å²) in [6, 6.07) is 4.65. The van der Waals surface area contributed by atoms with Crippen molar-refractivity contribution in [2.75, 3.05) is 6.61 Å². The molecule has 0 radical (unpaired) electrons. The maximum atomic E-state index is 8.87. The van der Waals surface area contributed by atoms with Crippen LogP contribution in [0.15, 0.2) is 29.9 Å². The molecule has 0 spiro atoms. The van der Waals surface area contributed by atoms with Crippen LogP contribution < -0.4 is 5.32 Å². The molecule has 5 heteroatoms. The van der Waals surface area contributed by atoms with E-state index in [9.17, 15) is 0 Å². The zero-order chi connectivity index (χ0) is 13.7. The summed E-state index contributed by atoms with van der Waals surface area (Å²) in [4.78, 5) is 1.37. The summed E-state index contributed by atoms with van der Waals surface area (Å²) >= 11 is 1.79. The van der Waals surface area contributed by atoms with Gasteiger partial charge in [0.1, 0.15) is 0 Å². The molecule has 2 aromatic rings. The maximum Gasteiger partial charge on any atom is 0.0640 e. The number of aliphatic hydroxyl groups excluding tert-OH is 1. The fraction of sp³-hybridized carbons (Fsp3) is 0.500. The number of nitrogens with one attached hydrogen (secondary N) is 1. The molecule has 0 saturated carbocycles. The van der Waals surface area contributed by atoms with Crippen molar-refractivity contribution in [2.24, 2.45) is 5.92 Å². The Morgan fingerprint density at radius 3 is 2.95 bits per heavy atom. The lowest BCUT2D eigenvalue weighted by molar-refractivity contribution is 0.269. The quantitative estimate of drug-likeness (QED) is 0.818. The normalized spacial score (nSPS) is 13.1. The van der Waals surface area contributed by atoms with Crippen molar-refractivity contribution in [3.8, 4) is 0 Å². The molecule has 0 bridgehead atoms. The number of hydrogen-bond acceptors (Lipinski definition) is 4. The lowest BCUT2D eigenvalue weighted by Crippen LogP contribution is -2.24. The van der Waals surface area contributed by atoms with Gasteiger partial charge in [-0.25, -0.2) is 0 Å². The Balaban J connectivity index is 1.95. The van der Waals surface area contributed by atoms with E-state index in [-0.39, 0.29) is 6.61 Å². The lowest BCUT2D eigenvalue weighted by atomic mass is 10.0. The summed E-state index contributed by atoms with van der Waals surface area (Å²) in [5, 5.41) is 18.8. The van der Waals surface area contributed by atoms with Gasteiger partial charge in [-0.05, 0) is 17.4 Å². The van der Waals surface area contributed by atoms with Gasteiger partial charge in [0.25, 0.3) is 0 Å². The largest absolute Gasteiger partial charge is 0.394 e. The van der Waals surface area contributed by atoms with Gasteiger partial charge in [-0.2, -0.15) is 5.10 Å². The number of aliphatic hydroxyl groups is 1. The first-order valence-electron chi connectivity index (χ1n) is 6.59. The highest BCUT2D eigenvalue weighted by molar-refractivity contribution is 7.10. The molecule has 0 amide bonds. The summed E-state index contributed by atoms with van der Waals surface area (Å²) in [5.41, 5.74) is 1.15. The third-order valence-electron chi connectivity index (χ3n) is 3.06. The van der Waals surface area contributed by atoms with Gasteiger partial charge in [-0.3, -0.25) is 4.68 Å². The Bertz CT molecular complexity index is 479. The predicted molar refractivity (Wildman–Crippen MR) is 78.1 cm³/mol. The van der Waals surface area contributed by atoms with Gasteiger partial charge in [0.2, 0.25) is 0 Å².